The third-order valence-electron chi connectivity index (χ3n) is 4.81. The lowest BCUT2D eigenvalue weighted by molar-refractivity contribution is 0.0697. The van der Waals surface area contributed by atoms with Gasteiger partial charge in [0.25, 0.3) is 0 Å². The minimum atomic E-state index is -0.947. The summed E-state index contributed by atoms with van der Waals surface area (Å²) in [6.07, 6.45) is 7.18. The highest BCUT2D eigenvalue weighted by Crippen LogP contribution is 2.25. The van der Waals surface area contributed by atoms with Crippen molar-refractivity contribution in [2.45, 2.75) is 32.7 Å². The van der Waals surface area contributed by atoms with Crippen molar-refractivity contribution in [3.05, 3.63) is 81.5 Å². The summed E-state index contributed by atoms with van der Waals surface area (Å²) in [6, 6.07) is 14.7. The number of terminal acetylenes is 1. The van der Waals surface area contributed by atoms with Crippen LogP contribution >= 0.6 is 0 Å². The molecule has 0 aliphatic carbocycles. The lowest BCUT2D eigenvalue weighted by Gasteiger charge is -2.10. The number of carboxylic acids is 1. The molecule has 2 aromatic carbocycles. The van der Waals surface area contributed by atoms with Gasteiger partial charge in [-0.05, 0) is 29.7 Å². The number of aromatic carboxylic acids is 1. The van der Waals surface area contributed by atoms with Gasteiger partial charge < -0.3 is 10.1 Å². The van der Waals surface area contributed by atoms with Gasteiger partial charge in [-0.2, -0.15) is 0 Å². The molecule has 0 atom stereocenters. The van der Waals surface area contributed by atoms with E-state index in [4.69, 9.17) is 6.42 Å². The molecule has 1 aromatic heterocycles. The molecule has 0 unspecified atom stereocenters. The van der Waals surface area contributed by atoms with Crippen molar-refractivity contribution in [2.75, 3.05) is 0 Å². The highest BCUT2D eigenvalue weighted by atomic mass is 16.4. The molecule has 3 aromatic rings. The van der Waals surface area contributed by atoms with Crippen molar-refractivity contribution >= 4 is 5.97 Å². The summed E-state index contributed by atoms with van der Waals surface area (Å²) in [7, 11) is 0. The van der Waals surface area contributed by atoms with E-state index in [1.165, 1.54) is 0 Å². The highest BCUT2D eigenvalue weighted by molar-refractivity contribution is 5.95. The van der Waals surface area contributed by atoms with Gasteiger partial charge in [-0.15, -0.1) is 12.3 Å². The molecule has 28 heavy (non-hydrogen) atoms. The van der Waals surface area contributed by atoms with Crippen LogP contribution in [0.5, 0.6) is 0 Å². The van der Waals surface area contributed by atoms with Crippen LogP contribution in [0.2, 0.25) is 0 Å². The van der Waals surface area contributed by atoms with E-state index in [0.29, 0.717) is 31.4 Å². The molecule has 1 heterocycles. The second-order valence-electron chi connectivity index (χ2n) is 6.53. The van der Waals surface area contributed by atoms with Crippen LogP contribution in [0.15, 0.2) is 53.3 Å². The number of H-pyrrole nitrogens is 1. The first-order valence-electron chi connectivity index (χ1n) is 9.20. The third-order valence-corrected chi connectivity index (χ3v) is 4.81. The summed E-state index contributed by atoms with van der Waals surface area (Å²) in [4.78, 5) is 26.6. The Balaban J connectivity index is 1.91. The van der Waals surface area contributed by atoms with Crippen molar-refractivity contribution in [1.82, 2.24) is 9.55 Å². The molecule has 0 radical (unpaired) electrons. The zero-order chi connectivity index (χ0) is 20.1. The molecule has 5 heteroatoms. The van der Waals surface area contributed by atoms with Gasteiger partial charge in [-0.3, -0.25) is 4.57 Å². The Kier molecular flexibility index (Phi) is 5.81. The maximum Gasteiger partial charge on any atom is 0.336 e. The molecular weight excluding hydrogens is 352 g/mol. The fraction of sp³-hybridized carbons (Fsp3) is 0.217. The van der Waals surface area contributed by atoms with Crippen LogP contribution in [0.3, 0.4) is 0 Å². The average molecular weight is 374 g/mol. The standard InChI is InChI=1S/C23H22N2O3/c1-3-5-10-20-21(25(4-2)23(28)24-20)15-16-11-13-17(14-12-16)18-8-6-7-9-19(18)22(26)27/h1,6-9,11-14H,4-5,10,15H2,2H3,(H,24,28)(H,26,27). The number of rotatable bonds is 7. The van der Waals surface area contributed by atoms with Gasteiger partial charge in [0.15, 0.2) is 0 Å². The Morgan fingerprint density at radius 1 is 1.18 bits per heavy atom. The number of carbonyl (C=O) groups is 1. The fourth-order valence-electron chi connectivity index (χ4n) is 3.41. The number of nitrogens with one attached hydrogen (secondary N) is 1. The van der Waals surface area contributed by atoms with Crippen molar-refractivity contribution in [2.24, 2.45) is 0 Å². The molecule has 5 nitrogen and oxygen atoms in total. The molecule has 2 N–H and O–H groups in total. The van der Waals surface area contributed by atoms with Gasteiger partial charge in [0.2, 0.25) is 0 Å². The van der Waals surface area contributed by atoms with Crippen LogP contribution in [0.1, 0.15) is 40.7 Å². The van der Waals surface area contributed by atoms with Crippen LogP contribution in [0.25, 0.3) is 11.1 Å². The van der Waals surface area contributed by atoms with Crippen molar-refractivity contribution < 1.29 is 9.90 Å². The molecule has 0 fully saturated rings. The highest BCUT2D eigenvalue weighted by Gasteiger charge is 2.14. The van der Waals surface area contributed by atoms with Gasteiger partial charge in [0, 0.05) is 37.2 Å². The van der Waals surface area contributed by atoms with Gasteiger partial charge in [0.05, 0.1) is 5.56 Å². The number of carboxylic acid groups (broad SMARTS) is 1. The molecule has 0 saturated carbocycles. The Hall–Kier alpha value is -3.52. The molecule has 0 bridgehead atoms. The monoisotopic (exact) mass is 374 g/mol. The topological polar surface area (TPSA) is 75.1 Å². The van der Waals surface area contributed by atoms with Crippen LogP contribution in [-0.4, -0.2) is 20.6 Å². The first-order valence-corrected chi connectivity index (χ1v) is 9.20. The van der Waals surface area contributed by atoms with Gasteiger partial charge in [-0.1, -0.05) is 42.5 Å². The van der Waals surface area contributed by atoms with Crippen LogP contribution < -0.4 is 5.69 Å². The number of imidazole rings is 1. The maximum absolute atomic E-state index is 12.2. The Morgan fingerprint density at radius 2 is 1.89 bits per heavy atom. The quantitative estimate of drug-likeness (QED) is 0.619. The summed E-state index contributed by atoms with van der Waals surface area (Å²) >= 11 is 0. The lowest BCUT2D eigenvalue weighted by Crippen LogP contribution is -2.17. The summed E-state index contributed by atoms with van der Waals surface area (Å²) in [5.74, 6) is 1.67. The van der Waals surface area contributed by atoms with Crippen molar-refractivity contribution in [1.29, 1.82) is 0 Å². The molecule has 142 valence electrons. The largest absolute Gasteiger partial charge is 0.478 e. The molecule has 0 aliphatic rings. The zero-order valence-electron chi connectivity index (χ0n) is 15.7. The predicted octanol–water partition coefficient (Wildman–Crippen LogP) is 3.72. The molecule has 0 saturated heterocycles. The Bertz CT molecular complexity index is 1080. The average Bonchev–Trinajstić information content (AvgIpc) is 3.01. The number of hydrogen-bond donors (Lipinski definition) is 2. The smallest absolute Gasteiger partial charge is 0.336 e. The predicted molar refractivity (Wildman–Crippen MR) is 110 cm³/mol. The number of benzene rings is 2. The van der Waals surface area contributed by atoms with Crippen LogP contribution in [0, 0.1) is 12.3 Å². The minimum Gasteiger partial charge on any atom is -0.478 e. The Morgan fingerprint density at radius 3 is 2.54 bits per heavy atom. The first kappa shape index (κ1) is 19.2. The summed E-state index contributed by atoms with van der Waals surface area (Å²) < 4.78 is 1.74. The minimum absolute atomic E-state index is 0.114. The van der Waals surface area contributed by atoms with Crippen LogP contribution in [-0.2, 0) is 19.4 Å². The molecule has 0 spiro atoms. The lowest BCUT2D eigenvalue weighted by atomic mass is 9.97. The summed E-state index contributed by atoms with van der Waals surface area (Å²) in [5, 5.41) is 9.39. The zero-order valence-corrected chi connectivity index (χ0v) is 15.7. The van der Waals surface area contributed by atoms with Crippen LogP contribution in [0.4, 0.5) is 0 Å². The summed E-state index contributed by atoms with van der Waals surface area (Å²) in [6.45, 7) is 2.53. The van der Waals surface area contributed by atoms with E-state index in [2.05, 4.69) is 10.9 Å². The van der Waals surface area contributed by atoms with E-state index in [-0.39, 0.29) is 11.3 Å². The van der Waals surface area contributed by atoms with E-state index >= 15 is 0 Å². The Labute approximate surface area is 163 Å². The van der Waals surface area contributed by atoms with Gasteiger partial charge in [-0.25, -0.2) is 9.59 Å². The SMILES string of the molecule is C#CCCc1[nH]c(=O)n(CC)c1Cc1ccc(-c2ccccc2C(=O)O)cc1. The summed E-state index contributed by atoms with van der Waals surface area (Å²) in [5.41, 5.74) is 4.56. The second kappa shape index (κ2) is 8.45. The van der Waals surface area contributed by atoms with Crippen molar-refractivity contribution in [3.63, 3.8) is 0 Å². The van der Waals surface area contributed by atoms with Gasteiger partial charge in [0.1, 0.15) is 0 Å². The van der Waals surface area contributed by atoms with E-state index in [9.17, 15) is 14.7 Å². The van der Waals surface area contributed by atoms with E-state index in [1.54, 1.807) is 22.8 Å². The fourth-order valence-corrected chi connectivity index (χ4v) is 3.41. The van der Waals surface area contributed by atoms with E-state index < -0.39 is 5.97 Å². The third kappa shape index (κ3) is 3.91. The normalized spacial score (nSPS) is 10.6. The number of aryl methyl sites for hydroxylation is 1. The molecule has 0 amide bonds. The van der Waals surface area contributed by atoms with Crippen molar-refractivity contribution in [3.8, 4) is 23.5 Å². The second-order valence-corrected chi connectivity index (χ2v) is 6.53. The number of aromatic nitrogens is 2. The number of aromatic amines is 1. The molecule has 0 aliphatic heterocycles. The maximum atomic E-state index is 12.2. The van der Waals surface area contributed by atoms with E-state index in [0.717, 1.165) is 22.5 Å². The molecule has 3 rings (SSSR count). The number of nitrogens with zero attached hydrogens (tertiary/aromatic N) is 1. The molecular formula is C23H22N2O3. The van der Waals surface area contributed by atoms with Gasteiger partial charge >= 0.3 is 11.7 Å². The van der Waals surface area contributed by atoms with E-state index in [1.807, 2.05) is 37.3 Å². The number of hydrogen-bond acceptors (Lipinski definition) is 2. The first-order chi connectivity index (χ1) is 13.5.